The van der Waals surface area contributed by atoms with E-state index >= 15 is 0 Å². The van der Waals surface area contributed by atoms with Gasteiger partial charge >= 0.3 is 5.97 Å². The van der Waals surface area contributed by atoms with Crippen LogP contribution in [0.5, 0.6) is 23.0 Å². The molecule has 3 amide bonds. The first-order chi connectivity index (χ1) is 30.3. The molecule has 2 aliphatic rings. The van der Waals surface area contributed by atoms with Gasteiger partial charge in [-0.25, -0.2) is 9.78 Å². The molecule has 8 rings (SSSR count). The highest BCUT2D eigenvalue weighted by molar-refractivity contribution is 6.34. The number of benzene rings is 5. The van der Waals surface area contributed by atoms with Gasteiger partial charge in [-0.05, 0) is 79.9 Å². The Balaban J connectivity index is 0.804. The van der Waals surface area contributed by atoms with Crippen molar-refractivity contribution in [3.8, 4) is 34.3 Å². The van der Waals surface area contributed by atoms with Gasteiger partial charge in [-0.2, -0.15) is 0 Å². The normalized spacial score (nSPS) is 13.2. The lowest BCUT2D eigenvalue weighted by Crippen LogP contribution is -2.33. The van der Waals surface area contributed by atoms with Gasteiger partial charge in [-0.1, -0.05) is 41.9 Å². The Kier molecular flexibility index (Phi) is 12.0. The molecule has 4 N–H and O–H groups in total. The molecule has 6 aromatic rings. The predicted octanol–water partition coefficient (Wildman–Crippen LogP) is 7.21. The zero-order valence-corrected chi connectivity index (χ0v) is 35.3. The molecule has 3 heterocycles. The van der Waals surface area contributed by atoms with E-state index in [-0.39, 0.29) is 97.2 Å². The maximum atomic E-state index is 13.4. The molecule has 0 fully saturated rings. The third kappa shape index (κ3) is 8.35. The van der Waals surface area contributed by atoms with E-state index in [9.17, 15) is 29.4 Å². The second-order valence-electron chi connectivity index (χ2n) is 15.3. The molecule has 5 aromatic carbocycles. The number of esters is 1. The van der Waals surface area contributed by atoms with Crippen LogP contribution >= 0.6 is 11.6 Å². The average molecular weight is 871 g/mol. The summed E-state index contributed by atoms with van der Waals surface area (Å²) in [5, 5.41) is 27.9. The minimum absolute atomic E-state index is 0.0252. The molecule has 2 aliphatic heterocycles. The summed E-state index contributed by atoms with van der Waals surface area (Å²) in [5.41, 5.74) is 2.13. The van der Waals surface area contributed by atoms with Crippen molar-refractivity contribution in [2.75, 3.05) is 46.6 Å². The Morgan fingerprint density at radius 3 is 1.94 bits per heavy atom. The second-order valence-corrected chi connectivity index (χ2v) is 15.7. The highest BCUT2D eigenvalue weighted by atomic mass is 35.5. The number of halogens is 1. The van der Waals surface area contributed by atoms with E-state index in [2.05, 4.69) is 10.6 Å². The minimum Gasteiger partial charge on any atom is -0.508 e. The van der Waals surface area contributed by atoms with Crippen molar-refractivity contribution in [1.82, 2.24) is 20.5 Å². The number of carbonyl (C=O) groups excluding carboxylic acids is 4. The number of rotatable bonds is 14. The number of fused-ring (bicyclic) bond motifs is 7. The van der Waals surface area contributed by atoms with Crippen molar-refractivity contribution in [1.29, 1.82) is 0 Å². The number of phenols is 2. The van der Waals surface area contributed by atoms with Crippen molar-refractivity contribution < 1.29 is 48.3 Å². The molecular weight excluding hydrogens is 828 g/mol. The summed E-state index contributed by atoms with van der Waals surface area (Å²) >= 11 is 6.66. The molecule has 0 aliphatic carbocycles. The molecular formula is C48H43ClN4O10. The van der Waals surface area contributed by atoms with Crippen molar-refractivity contribution in [3.05, 3.63) is 147 Å². The Hall–Kier alpha value is -7.00. The molecule has 1 aromatic heterocycles. The Labute approximate surface area is 367 Å². The summed E-state index contributed by atoms with van der Waals surface area (Å²) in [6.45, 7) is 5.19. The number of nitrogens with zero attached hydrogens (tertiary/aromatic N) is 2. The molecule has 63 heavy (non-hydrogen) atoms. The van der Waals surface area contributed by atoms with E-state index in [0.717, 1.165) is 10.8 Å². The fraction of sp³-hybridized carbons (Fsp3) is 0.229. The van der Waals surface area contributed by atoms with Crippen LogP contribution in [0.2, 0.25) is 5.02 Å². The Morgan fingerprint density at radius 2 is 1.32 bits per heavy atom. The Morgan fingerprint density at radius 1 is 0.746 bits per heavy atom. The van der Waals surface area contributed by atoms with E-state index in [1.807, 2.05) is 38.1 Å². The van der Waals surface area contributed by atoms with Gasteiger partial charge in [0.2, 0.25) is 0 Å². The van der Waals surface area contributed by atoms with E-state index in [1.54, 1.807) is 60.5 Å². The number of aromatic nitrogens is 1. The SMILES string of the molecule is CC(C)N(C)C(=O)c1cc2ccccc2c(-c2cc(C(=O)NCCOCCOCCNC(=O)c3ccc4c(c3)C(=O)OC43c4ccc(O)cc4Oc4cc(O)ccc43)ccc2Cl)n1. The number of nitrogens with one attached hydrogen (secondary N) is 2. The van der Waals surface area contributed by atoms with Crippen LogP contribution in [0.1, 0.15) is 72.1 Å². The van der Waals surface area contributed by atoms with Crippen LogP contribution in [-0.4, -0.2) is 96.4 Å². The highest BCUT2D eigenvalue weighted by Crippen LogP contribution is 2.57. The largest absolute Gasteiger partial charge is 0.508 e. The van der Waals surface area contributed by atoms with E-state index in [4.69, 9.17) is 35.5 Å². The van der Waals surface area contributed by atoms with E-state index in [0.29, 0.717) is 38.5 Å². The number of carbonyl (C=O) groups is 4. The molecule has 0 atom stereocenters. The molecule has 0 saturated carbocycles. The van der Waals surface area contributed by atoms with Crippen LogP contribution in [0.3, 0.4) is 0 Å². The number of hydrogen-bond donors (Lipinski definition) is 4. The number of phenolic OH excluding ortho intramolecular Hbond substituents is 2. The molecule has 1 spiro atoms. The quantitative estimate of drug-likeness (QED) is 0.0641. The van der Waals surface area contributed by atoms with Crippen LogP contribution in [0.4, 0.5) is 0 Å². The molecule has 0 saturated heterocycles. The van der Waals surface area contributed by atoms with Crippen molar-refractivity contribution >= 4 is 46.1 Å². The molecule has 15 heteroatoms. The average Bonchev–Trinajstić information content (AvgIpc) is 3.56. The predicted molar refractivity (Wildman–Crippen MR) is 234 cm³/mol. The van der Waals surface area contributed by atoms with Crippen LogP contribution in [-0.2, 0) is 19.8 Å². The van der Waals surface area contributed by atoms with Crippen LogP contribution < -0.4 is 15.4 Å². The smallest absolute Gasteiger partial charge is 0.340 e. The van der Waals surface area contributed by atoms with Crippen LogP contribution in [0, 0.1) is 0 Å². The summed E-state index contributed by atoms with van der Waals surface area (Å²) in [5.74, 6) is -1.20. The van der Waals surface area contributed by atoms with Gasteiger partial charge in [0.25, 0.3) is 17.7 Å². The summed E-state index contributed by atoms with van der Waals surface area (Å²) in [6.07, 6.45) is 0. The zero-order valence-electron chi connectivity index (χ0n) is 34.6. The highest BCUT2D eigenvalue weighted by Gasteiger charge is 2.53. The topological polar surface area (TPSA) is 186 Å². The third-order valence-corrected chi connectivity index (χ3v) is 11.3. The number of ether oxygens (including phenoxy) is 4. The first-order valence-electron chi connectivity index (χ1n) is 20.3. The van der Waals surface area contributed by atoms with Crippen molar-refractivity contribution in [2.24, 2.45) is 0 Å². The molecule has 0 bridgehead atoms. The van der Waals surface area contributed by atoms with Crippen LogP contribution in [0.15, 0.2) is 103 Å². The number of amides is 3. The summed E-state index contributed by atoms with van der Waals surface area (Å²) in [7, 11) is 1.73. The first-order valence-corrected chi connectivity index (χ1v) is 20.6. The summed E-state index contributed by atoms with van der Waals surface area (Å²) < 4.78 is 23.3. The minimum atomic E-state index is -1.43. The van der Waals surface area contributed by atoms with Gasteiger partial charge < -0.3 is 44.7 Å². The zero-order chi connectivity index (χ0) is 44.4. The van der Waals surface area contributed by atoms with Gasteiger partial charge in [0.15, 0.2) is 5.60 Å². The fourth-order valence-electron chi connectivity index (χ4n) is 7.62. The molecule has 322 valence electrons. The molecule has 0 radical (unpaired) electrons. The van der Waals surface area contributed by atoms with Crippen LogP contribution in [0.25, 0.3) is 22.0 Å². The molecule has 14 nitrogen and oxygen atoms in total. The van der Waals surface area contributed by atoms with Gasteiger partial charge in [-0.3, -0.25) is 14.4 Å². The fourth-order valence-corrected chi connectivity index (χ4v) is 7.83. The van der Waals surface area contributed by atoms with Gasteiger partial charge in [0.1, 0.15) is 28.7 Å². The third-order valence-electron chi connectivity index (χ3n) is 11.0. The monoisotopic (exact) mass is 870 g/mol. The lowest BCUT2D eigenvalue weighted by molar-refractivity contribution is 0.0224. The van der Waals surface area contributed by atoms with Gasteiger partial charge in [0.05, 0.1) is 42.7 Å². The van der Waals surface area contributed by atoms with Gasteiger partial charge in [0, 0.05) is 77.1 Å². The lowest BCUT2D eigenvalue weighted by Gasteiger charge is -2.36. The summed E-state index contributed by atoms with van der Waals surface area (Å²) in [6, 6.07) is 28.0. The second kappa shape index (κ2) is 17.8. The van der Waals surface area contributed by atoms with Crippen molar-refractivity contribution in [2.45, 2.75) is 25.5 Å². The Bertz CT molecular complexity index is 2740. The first kappa shape index (κ1) is 42.7. The number of aromatic hydroxyl groups is 2. The van der Waals surface area contributed by atoms with Gasteiger partial charge in [-0.15, -0.1) is 0 Å². The molecule has 0 unspecified atom stereocenters. The number of pyridine rings is 1. The summed E-state index contributed by atoms with van der Waals surface area (Å²) in [4.78, 5) is 59.3. The maximum absolute atomic E-state index is 13.4. The van der Waals surface area contributed by atoms with E-state index in [1.165, 1.54) is 30.3 Å². The lowest BCUT2D eigenvalue weighted by atomic mass is 9.77. The standard InChI is InChI=1S/C48H43ClN4O10/c1-27(2)53(3)46(58)40-24-28-6-4-5-7-33(28)43(52-40)35-23-30(9-15-39(35)49)45(57)51-17-19-61-21-20-60-18-16-50-44(56)29-8-12-36-34(22-29)47(59)63-48(36)37-13-10-31(54)25-41(37)62-42-26-32(55)11-14-38(42)48/h4-15,22-27,54-55H,16-21H2,1-3H3,(H,50,56)(H,51,57). The maximum Gasteiger partial charge on any atom is 0.340 e. The van der Waals surface area contributed by atoms with E-state index < -0.39 is 17.5 Å². The van der Waals surface area contributed by atoms with Crippen molar-refractivity contribution in [3.63, 3.8) is 0 Å². The number of hydrogen-bond acceptors (Lipinski definition) is 11.